The molecule has 0 spiro atoms. The summed E-state index contributed by atoms with van der Waals surface area (Å²) in [5.41, 5.74) is -0.340. The van der Waals surface area contributed by atoms with Gasteiger partial charge in [-0.3, -0.25) is 10.7 Å². The molecule has 0 radical (unpaired) electrons. The molecule has 110 valence electrons. The second-order valence-corrected chi connectivity index (χ2v) is 5.30. The van der Waals surface area contributed by atoms with Gasteiger partial charge in [-0.25, -0.2) is 4.79 Å². The SMILES string of the molecule is CCOC(=O)Nc1cc(N2CCSCC2)nc(=N)n1O. The fraction of sp³-hybridized carbons (Fsp3) is 0.545. The molecule has 1 amide bonds. The Morgan fingerprint density at radius 3 is 2.95 bits per heavy atom. The monoisotopic (exact) mass is 299 g/mol. The Kier molecular flexibility index (Phi) is 4.72. The molecular formula is C11H17N5O3S. The van der Waals surface area contributed by atoms with Gasteiger partial charge in [0, 0.05) is 30.7 Å². The van der Waals surface area contributed by atoms with Crippen LogP contribution in [0.1, 0.15) is 6.92 Å². The van der Waals surface area contributed by atoms with Crippen LogP contribution in [0.4, 0.5) is 16.4 Å². The highest BCUT2D eigenvalue weighted by Gasteiger charge is 2.16. The average molecular weight is 299 g/mol. The van der Waals surface area contributed by atoms with E-state index in [1.165, 1.54) is 6.07 Å². The van der Waals surface area contributed by atoms with Crippen LogP contribution in [-0.4, -0.2) is 52.2 Å². The van der Waals surface area contributed by atoms with Crippen molar-refractivity contribution in [2.45, 2.75) is 6.92 Å². The Hall–Kier alpha value is -1.90. The molecule has 0 aliphatic carbocycles. The maximum absolute atomic E-state index is 11.4. The van der Waals surface area contributed by atoms with Crippen LogP contribution in [0.2, 0.25) is 0 Å². The number of anilines is 2. The number of hydrogen-bond acceptors (Lipinski definition) is 7. The molecular weight excluding hydrogens is 282 g/mol. The van der Waals surface area contributed by atoms with Crippen molar-refractivity contribution in [1.29, 1.82) is 5.41 Å². The molecule has 0 saturated carbocycles. The molecule has 8 nitrogen and oxygen atoms in total. The number of thioether (sulfide) groups is 1. The van der Waals surface area contributed by atoms with Crippen LogP contribution in [0.15, 0.2) is 6.07 Å². The van der Waals surface area contributed by atoms with Gasteiger partial charge in [-0.15, -0.1) is 4.73 Å². The van der Waals surface area contributed by atoms with Gasteiger partial charge in [0.25, 0.3) is 5.62 Å². The predicted octanol–water partition coefficient (Wildman–Crippen LogP) is 0.721. The lowest BCUT2D eigenvalue weighted by molar-refractivity contribution is 0.158. The number of hydrogen-bond donors (Lipinski definition) is 3. The van der Waals surface area contributed by atoms with Crippen LogP contribution < -0.4 is 15.8 Å². The molecule has 0 unspecified atom stereocenters. The van der Waals surface area contributed by atoms with E-state index in [2.05, 4.69) is 10.3 Å². The van der Waals surface area contributed by atoms with Gasteiger partial charge in [-0.2, -0.15) is 16.7 Å². The summed E-state index contributed by atoms with van der Waals surface area (Å²) in [5, 5.41) is 19.7. The molecule has 1 aromatic heterocycles. The average Bonchev–Trinajstić information content (AvgIpc) is 2.45. The molecule has 9 heteroatoms. The van der Waals surface area contributed by atoms with Crippen LogP contribution >= 0.6 is 11.8 Å². The Morgan fingerprint density at radius 2 is 2.30 bits per heavy atom. The number of nitrogens with one attached hydrogen (secondary N) is 2. The normalized spacial score (nSPS) is 14.9. The number of nitrogens with zero attached hydrogens (tertiary/aromatic N) is 3. The van der Waals surface area contributed by atoms with Gasteiger partial charge in [0.05, 0.1) is 6.61 Å². The first-order valence-electron chi connectivity index (χ1n) is 6.26. The quantitative estimate of drug-likeness (QED) is 0.711. The highest BCUT2D eigenvalue weighted by molar-refractivity contribution is 7.99. The fourth-order valence-electron chi connectivity index (χ4n) is 1.80. The van der Waals surface area contributed by atoms with Crippen molar-refractivity contribution >= 4 is 29.5 Å². The van der Waals surface area contributed by atoms with Crippen LogP contribution in [0.3, 0.4) is 0 Å². The van der Waals surface area contributed by atoms with Crippen molar-refractivity contribution in [1.82, 2.24) is 9.71 Å². The lowest BCUT2D eigenvalue weighted by Gasteiger charge is -2.27. The molecule has 3 N–H and O–H groups in total. The molecule has 1 fully saturated rings. The van der Waals surface area contributed by atoms with E-state index in [1.54, 1.807) is 6.92 Å². The first-order chi connectivity index (χ1) is 9.61. The van der Waals surface area contributed by atoms with Crippen LogP contribution in [-0.2, 0) is 4.74 Å². The van der Waals surface area contributed by atoms with Crippen molar-refractivity contribution in [3.8, 4) is 0 Å². The van der Waals surface area contributed by atoms with Crippen molar-refractivity contribution in [2.24, 2.45) is 0 Å². The first kappa shape index (κ1) is 14.5. The third-order valence-electron chi connectivity index (χ3n) is 2.76. The summed E-state index contributed by atoms with van der Waals surface area (Å²) in [4.78, 5) is 17.4. The van der Waals surface area contributed by atoms with Crippen LogP contribution in [0.25, 0.3) is 0 Å². The Bertz CT molecular complexity index is 541. The summed E-state index contributed by atoms with van der Waals surface area (Å²) in [7, 11) is 0. The van der Waals surface area contributed by atoms with Gasteiger partial charge >= 0.3 is 6.09 Å². The highest BCUT2D eigenvalue weighted by Crippen LogP contribution is 2.18. The Labute approximate surface area is 120 Å². The van der Waals surface area contributed by atoms with E-state index in [9.17, 15) is 10.0 Å². The zero-order valence-electron chi connectivity index (χ0n) is 11.1. The maximum Gasteiger partial charge on any atom is 0.412 e. The molecule has 1 aliphatic rings. The fourth-order valence-corrected chi connectivity index (χ4v) is 2.70. The largest absolute Gasteiger partial charge is 0.450 e. The van der Waals surface area contributed by atoms with Crippen molar-refractivity contribution < 1.29 is 14.7 Å². The predicted molar refractivity (Wildman–Crippen MR) is 75.4 cm³/mol. The van der Waals surface area contributed by atoms with E-state index >= 15 is 0 Å². The second-order valence-electron chi connectivity index (χ2n) is 4.08. The van der Waals surface area contributed by atoms with E-state index in [1.807, 2.05) is 16.7 Å². The molecule has 1 aliphatic heterocycles. The lowest BCUT2D eigenvalue weighted by Crippen LogP contribution is -2.36. The lowest BCUT2D eigenvalue weighted by atomic mass is 10.4. The molecule has 1 aromatic rings. The number of carbonyl (C=O) groups is 1. The minimum Gasteiger partial charge on any atom is -0.450 e. The smallest absolute Gasteiger partial charge is 0.412 e. The third kappa shape index (κ3) is 3.35. The Morgan fingerprint density at radius 1 is 1.60 bits per heavy atom. The van der Waals surface area contributed by atoms with E-state index in [-0.39, 0.29) is 18.0 Å². The van der Waals surface area contributed by atoms with Gasteiger partial charge in [0.15, 0.2) is 5.82 Å². The summed E-state index contributed by atoms with van der Waals surface area (Å²) in [5.74, 6) is 2.61. The zero-order valence-corrected chi connectivity index (χ0v) is 11.9. The Balaban J connectivity index is 2.24. The van der Waals surface area contributed by atoms with Crippen molar-refractivity contribution in [3.05, 3.63) is 11.7 Å². The third-order valence-corrected chi connectivity index (χ3v) is 3.70. The molecule has 0 atom stereocenters. The topological polar surface area (TPSA) is 103 Å². The minimum atomic E-state index is -0.680. The van der Waals surface area contributed by atoms with Crippen molar-refractivity contribution in [3.63, 3.8) is 0 Å². The summed E-state index contributed by atoms with van der Waals surface area (Å²) in [6, 6.07) is 1.53. The van der Waals surface area contributed by atoms with E-state index < -0.39 is 6.09 Å². The second kappa shape index (κ2) is 6.51. The van der Waals surface area contributed by atoms with E-state index in [0.29, 0.717) is 10.5 Å². The molecule has 2 rings (SSSR count). The van der Waals surface area contributed by atoms with Crippen LogP contribution in [0, 0.1) is 5.41 Å². The zero-order chi connectivity index (χ0) is 14.5. The summed E-state index contributed by atoms with van der Waals surface area (Å²) in [6.45, 7) is 3.56. The molecule has 20 heavy (non-hydrogen) atoms. The number of carbonyl (C=O) groups excluding carboxylic acids is 1. The summed E-state index contributed by atoms with van der Waals surface area (Å²) >= 11 is 1.86. The van der Waals surface area contributed by atoms with Crippen molar-refractivity contribution in [2.75, 3.05) is 41.4 Å². The van der Waals surface area contributed by atoms with Crippen LogP contribution in [0.5, 0.6) is 0 Å². The van der Waals surface area contributed by atoms with Gasteiger partial charge in [-0.05, 0) is 6.92 Å². The van der Waals surface area contributed by atoms with E-state index in [4.69, 9.17) is 10.1 Å². The van der Waals surface area contributed by atoms with Gasteiger partial charge < -0.3 is 14.8 Å². The standard InChI is InChI=1S/C11H17N5O3S/c1-2-19-11(17)14-9-7-8(13-10(12)16(9)18)15-3-5-20-6-4-15/h7,12,18H,2-6H2,1H3,(H,14,17). The van der Waals surface area contributed by atoms with Gasteiger partial charge in [0.1, 0.15) is 5.82 Å². The number of ether oxygens (including phenoxy) is 1. The molecule has 2 heterocycles. The van der Waals surface area contributed by atoms with Gasteiger partial charge in [0.2, 0.25) is 0 Å². The first-order valence-corrected chi connectivity index (χ1v) is 7.41. The summed E-state index contributed by atoms with van der Waals surface area (Å²) < 4.78 is 5.27. The maximum atomic E-state index is 11.4. The van der Waals surface area contributed by atoms with E-state index in [0.717, 1.165) is 24.6 Å². The van der Waals surface area contributed by atoms with Gasteiger partial charge in [-0.1, -0.05) is 0 Å². The molecule has 0 bridgehead atoms. The number of aromatic nitrogens is 2. The minimum absolute atomic E-state index is 0.0664. The highest BCUT2D eigenvalue weighted by atomic mass is 32.2. The molecule has 1 saturated heterocycles. The number of rotatable bonds is 3. The molecule has 0 aromatic carbocycles. The summed E-state index contributed by atoms with van der Waals surface area (Å²) in [6.07, 6.45) is -0.680. The number of amides is 1.